The fourth-order valence-electron chi connectivity index (χ4n) is 1.71. The Morgan fingerprint density at radius 1 is 1.24 bits per heavy atom. The quantitative estimate of drug-likeness (QED) is 0.811. The van der Waals surface area contributed by atoms with Crippen LogP contribution in [0.2, 0.25) is 0 Å². The normalized spacial score (nSPS) is 11.2. The molecule has 1 N–H and O–H groups in total. The SMILES string of the molecule is CCc1nc(N(CC)CC)sc1CNC(C)C. The van der Waals surface area contributed by atoms with Crippen LogP contribution in [0.1, 0.15) is 45.2 Å². The fraction of sp³-hybridized carbons (Fsp3) is 0.769. The van der Waals surface area contributed by atoms with Crippen molar-refractivity contribution < 1.29 is 0 Å². The molecule has 3 nitrogen and oxygen atoms in total. The Bertz CT molecular complexity index is 329. The predicted molar refractivity (Wildman–Crippen MR) is 77.0 cm³/mol. The second-order valence-corrected chi connectivity index (χ2v) is 5.49. The highest BCUT2D eigenvalue weighted by Crippen LogP contribution is 2.26. The molecule has 1 rings (SSSR count). The topological polar surface area (TPSA) is 28.2 Å². The van der Waals surface area contributed by atoms with Crippen LogP contribution < -0.4 is 10.2 Å². The van der Waals surface area contributed by atoms with Crippen molar-refractivity contribution in [1.82, 2.24) is 10.3 Å². The van der Waals surface area contributed by atoms with Gasteiger partial charge < -0.3 is 10.2 Å². The number of nitrogens with one attached hydrogen (secondary N) is 1. The summed E-state index contributed by atoms with van der Waals surface area (Å²) in [6.07, 6.45) is 1.02. The molecule has 0 unspecified atom stereocenters. The standard InChI is InChI=1S/C13H25N3S/c1-6-11-12(9-14-10(4)5)17-13(15-11)16(7-2)8-3/h10,14H,6-9H2,1-5H3. The molecule has 4 heteroatoms. The second kappa shape index (κ2) is 6.97. The third-order valence-corrected chi connectivity index (χ3v) is 3.97. The van der Waals surface area contributed by atoms with Gasteiger partial charge in [-0.15, -0.1) is 11.3 Å². The first kappa shape index (κ1) is 14.5. The van der Waals surface area contributed by atoms with Crippen molar-refractivity contribution in [1.29, 1.82) is 0 Å². The first-order chi connectivity index (χ1) is 8.12. The Labute approximate surface area is 109 Å². The zero-order valence-electron chi connectivity index (χ0n) is 11.7. The van der Waals surface area contributed by atoms with Crippen molar-refractivity contribution in [2.75, 3.05) is 18.0 Å². The number of nitrogens with zero attached hydrogens (tertiary/aromatic N) is 2. The molecule has 0 aliphatic rings. The summed E-state index contributed by atoms with van der Waals surface area (Å²) < 4.78 is 0. The Morgan fingerprint density at radius 3 is 2.35 bits per heavy atom. The van der Waals surface area contributed by atoms with E-state index in [2.05, 4.69) is 44.8 Å². The molecule has 1 heterocycles. The molecule has 0 saturated heterocycles. The van der Waals surface area contributed by atoms with E-state index in [9.17, 15) is 0 Å². The number of rotatable bonds is 7. The monoisotopic (exact) mass is 255 g/mol. The lowest BCUT2D eigenvalue weighted by Crippen LogP contribution is -2.21. The van der Waals surface area contributed by atoms with Crippen molar-refractivity contribution in [3.8, 4) is 0 Å². The van der Waals surface area contributed by atoms with Crippen molar-refractivity contribution in [3.05, 3.63) is 10.6 Å². The van der Waals surface area contributed by atoms with E-state index >= 15 is 0 Å². The van der Waals surface area contributed by atoms with Gasteiger partial charge in [-0.2, -0.15) is 0 Å². The summed E-state index contributed by atoms with van der Waals surface area (Å²) in [6.45, 7) is 13.9. The second-order valence-electron chi connectivity index (χ2n) is 4.43. The van der Waals surface area contributed by atoms with Crippen LogP contribution in [-0.4, -0.2) is 24.1 Å². The van der Waals surface area contributed by atoms with Crippen LogP contribution >= 0.6 is 11.3 Å². The molecule has 1 aromatic rings. The van der Waals surface area contributed by atoms with E-state index in [1.807, 2.05) is 11.3 Å². The molecular weight excluding hydrogens is 230 g/mol. The molecule has 0 aliphatic carbocycles. The molecular formula is C13H25N3S. The maximum Gasteiger partial charge on any atom is 0.185 e. The van der Waals surface area contributed by atoms with E-state index in [0.717, 1.165) is 26.1 Å². The van der Waals surface area contributed by atoms with E-state index in [-0.39, 0.29) is 0 Å². The van der Waals surface area contributed by atoms with E-state index in [4.69, 9.17) is 4.98 Å². The van der Waals surface area contributed by atoms with Gasteiger partial charge in [0, 0.05) is 30.6 Å². The lowest BCUT2D eigenvalue weighted by atomic mass is 10.3. The minimum absolute atomic E-state index is 0.527. The van der Waals surface area contributed by atoms with Gasteiger partial charge in [-0.25, -0.2) is 4.98 Å². The number of hydrogen-bond acceptors (Lipinski definition) is 4. The van der Waals surface area contributed by atoms with Gasteiger partial charge in [-0.05, 0) is 20.3 Å². The van der Waals surface area contributed by atoms with E-state index < -0.39 is 0 Å². The Morgan fingerprint density at radius 2 is 1.88 bits per heavy atom. The van der Waals surface area contributed by atoms with Gasteiger partial charge in [0.2, 0.25) is 0 Å². The van der Waals surface area contributed by atoms with Crippen LogP contribution in [0, 0.1) is 0 Å². The molecule has 0 amide bonds. The lowest BCUT2D eigenvalue weighted by Gasteiger charge is -2.16. The van der Waals surface area contributed by atoms with E-state index in [1.165, 1.54) is 15.7 Å². The summed E-state index contributed by atoms with van der Waals surface area (Å²) in [4.78, 5) is 8.47. The number of aromatic nitrogens is 1. The molecule has 0 spiro atoms. The molecule has 0 fully saturated rings. The Hall–Kier alpha value is -0.610. The van der Waals surface area contributed by atoms with Crippen LogP contribution in [0.25, 0.3) is 0 Å². The average molecular weight is 255 g/mol. The van der Waals surface area contributed by atoms with Crippen molar-refractivity contribution in [3.63, 3.8) is 0 Å². The third-order valence-electron chi connectivity index (χ3n) is 2.81. The van der Waals surface area contributed by atoms with Gasteiger partial charge in [0.25, 0.3) is 0 Å². The van der Waals surface area contributed by atoms with Crippen molar-refractivity contribution in [2.24, 2.45) is 0 Å². The molecule has 98 valence electrons. The number of aryl methyl sites for hydroxylation is 1. The minimum Gasteiger partial charge on any atom is -0.349 e. The van der Waals surface area contributed by atoms with Crippen molar-refractivity contribution >= 4 is 16.5 Å². The van der Waals surface area contributed by atoms with Crippen LogP contribution in [-0.2, 0) is 13.0 Å². The molecule has 0 saturated carbocycles. The molecule has 0 radical (unpaired) electrons. The van der Waals surface area contributed by atoms with Crippen molar-refractivity contribution in [2.45, 2.75) is 53.6 Å². The van der Waals surface area contributed by atoms with Crippen LogP contribution in [0.4, 0.5) is 5.13 Å². The largest absolute Gasteiger partial charge is 0.349 e. The highest BCUT2D eigenvalue weighted by Gasteiger charge is 2.13. The summed E-state index contributed by atoms with van der Waals surface area (Å²) >= 11 is 1.84. The molecule has 1 aromatic heterocycles. The van der Waals surface area contributed by atoms with Crippen LogP contribution in [0.15, 0.2) is 0 Å². The maximum atomic E-state index is 4.75. The zero-order valence-corrected chi connectivity index (χ0v) is 12.5. The summed E-state index contributed by atoms with van der Waals surface area (Å²) in [5.74, 6) is 0. The Balaban J connectivity index is 2.82. The summed E-state index contributed by atoms with van der Waals surface area (Å²) in [7, 11) is 0. The van der Waals surface area contributed by atoms with Gasteiger partial charge in [0.15, 0.2) is 5.13 Å². The van der Waals surface area contributed by atoms with Gasteiger partial charge in [-0.3, -0.25) is 0 Å². The van der Waals surface area contributed by atoms with Crippen LogP contribution in [0.5, 0.6) is 0 Å². The van der Waals surface area contributed by atoms with Gasteiger partial charge in [0.1, 0.15) is 0 Å². The lowest BCUT2D eigenvalue weighted by molar-refractivity contribution is 0.590. The summed E-state index contributed by atoms with van der Waals surface area (Å²) in [5, 5.41) is 4.65. The van der Waals surface area contributed by atoms with Gasteiger partial charge >= 0.3 is 0 Å². The first-order valence-corrected chi connectivity index (χ1v) is 7.40. The molecule has 17 heavy (non-hydrogen) atoms. The molecule has 0 aromatic carbocycles. The zero-order chi connectivity index (χ0) is 12.8. The number of anilines is 1. The predicted octanol–water partition coefficient (Wildman–Crippen LogP) is 3.05. The highest BCUT2D eigenvalue weighted by molar-refractivity contribution is 7.15. The highest BCUT2D eigenvalue weighted by atomic mass is 32.1. The average Bonchev–Trinajstić information content (AvgIpc) is 2.71. The van der Waals surface area contributed by atoms with Crippen LogP contribution in [0.3, 0.4) is 0 Å². The first-order valence-electron chi connectivity index (χ1n) is 6.59. The summed E-state index contributed by atoms with van der Waals surface area (Å²) in [5.41, 5.74) is 1.25. The molecule has 0 aliphatic heterocycles. The maximum absolute atomic E-state index is 4.75. The third kappa shape index (κ3) is 3.96. The molecule has 0 atom stereocenters. The minimum atomic E-state index is 0.527. The Kier molecular flexibility index (Phi) is 5.92. The van der Waals surface area contributed by atoms with Gasteiger partial charge in [0.05, 0.1) is 5.69 Å². The van der Waals surface area contributed by atoms with E-state index in [0.29, 0.717) is 6.04 Å². The fourth-order valence-corrected chi connectivity index (χ4v) is 2.94. The number of hydrogen-bond donors (Lipinski definition) is 1. The summed E-state index contributed by atoms with van der Waals surface area (Å²) in [6, 6.07) is 0.527. The number of thiazole rings is 1. The van der Waals surface area contributed by atoms with E-state index in [1.54, 1.807) is 0 Å². The smallest absolute Gasteiger partial charge is 0.185 e. The molecule has 0 bridgehead atoms. The van der Waals surface area contributed by atoms with Gasteiger partial charge in [-0.1, -0.05) is 20.8 Å².